The molecule has 1 amide bonds. The van der Waals surface area contributed by atoms with Gasteiger partial charge in [0, 0.05) is 17.8 Å². The number of carboxylic acid groups (broad SMARTS) is 1. The van der Waals surface area contributed by atoms with Gasteiger partial charge in [-0.2, -0.15) is 0 Å². The summed E-state index contributed by atoms with van der Waals surface area (Å²) in [5.41, 5.74) is 0.499. The maximum Gasteiger partial charge on any atom is 0.354 e. The lowest BCUT2D eigenvalue weighted by atomic mass is 9.92. The van der Waals surface area contributed by atoms with Gasteiger partial charge in [0.15, 0.2) is 0 Å². The van der Waals surface area contributed by atoms with Crippen molar-refractivity contribution in [3.05, 3.63) is 29.6 Å². The van der Waals surface area contributed by atoms with Gasteiger partial charge in [0.2, 0.25) is 0 Å². The minimum Gasteiger partial charge on any atom is -0.477 e. The van der Waals surface area contributed by atoms with E-state index in [1.54, 1.807) is 0 Å². The van der Waals surface area contributed by atoms with Gasteiger partial charge in [0.25, 0.3) is 5.91 Å². The lowest BCUT2D eigenvalue weighted by molar-refractivity contribution is 0.0690. The molecule has 19 heavy (non-hydrogen) atoms. The molecule has 0 aromatic carbocycles. The van der Waals surface area contributed by atoms with Gasteiger partial charge < -0.3 is 10.4 Å². The predicted molar refractivity (Wildman–Crippen MR) is 70.1 cm³/mol. The summed E-state index contributed by atoms with van der Waals surface area (Å²) in [6, 6.07) is 3.00. The van der Waals surface area contributed by atoms with Crippen LogP contribution in [0.3, 0.4) is 0 Å². The van der Waals surface area contributed by atoms with Crippen molar-refractivity contribution in [2.24, 2.45) is 5.41 Å². The van der Waals surface area contributed by atoms with Crippen LogP contribution in [-0.4, -0.2) is 28.0 Å². The lowest BCUT2D eigenvalue weighted by Gasteiger charge is -2.17. The number of aromatic carboxylic acids is 1. The first-order chi connectivity index (χ1) is 8.87. The van der Waals surface area contributed by atoms with E-state index in [9.17, 15) is 9.59 Å². The third kappa shape index (κ3) is 3.30. The van der Waals surface area contributed by atoms with Crippen LogP contribution in [0.5, 0.6) is 0 Å². The average Bonchev–Trinajstić information content (AvgIpc) is 2.68. The first-order valence-corrected chi connectivity index (χ1v) is 6.38. The minimum atomic E-state index is -1.13. The van der Waals surface area contributed by atoms with Crippen molar-refractivity contribution in [2.45, 2.75) is 39.2 Å². The zero-order valence-electron chi connectivity index (χ0n) is 11.1. The highest BCUT2D eigenvalue weighted by atomic mass is 16.4. The van der Waals surface area contributed by atoms with Crippen molar-refractivity contribution in [3.63, 3.8) is 0 Å². The number of carbonyl (C=O) groups excluding carboxylic acids is 1. The summed E-state index contributed by atoms with van der Waals surface area (Å²) in [5.74, 6) is -1.36. The maximum atomic E-state index is 12.1. The van der Waals surface area contributed by atoms with Crippen molar-refractivity contribution < 1.29 is 14.7 Å². The summed E-state index contributed by atoms with van der Waals surface area (Å²) in [7, 11) is 0. The second kappa shape index (κ2) is 4.99. The zero-order chi connectivity index (χ0) is 14.0. The Morgan fingerprint density at radius 2 is 2.21 bits per heavy atom. The summed E-state index contributed by atoms with van der Waals surface area (Å²) < 4.78 is 0. The first-order valence-electron chi connectivity index (χ1n) is 6.38. The molecular formula is C14H18N2O3. The number of hydrogen-bond acceptors (Lipinski definition) is 3. The van der Waals surface area contributed by atoms with E-state index in [0.29, 0.717) is 5.56 Å². The van der Waals surface area contributed by atoms with E-state index in [1.807, 2.05) is 0 Å². The van der Waals surface area contributed by atoms with E-state index in [2.05, 4.69) is 24.1 Å². The Morgan fingerprint density at radius 3 is 2.79 bits per heavy atom. The summed E-state index contributed by atoms with van der Waals surface area (Å²) in [5, 5.41) is 11.8. The molecule has 0 bridgehead atoms. The van der Waals surface area contributed by atoms with Crippen molar-refractivity contribution >= 4 is 11.9 Å². The molecule has 1 heterocycles. The van der Waals surface area contributed by atoms with Crippen LogP contribution >= 0.6 is 0 Å². The van der Waals surface area contributed by atoms with Gasteiger partial charge in [-0.1, -0.05) is 13.8 Å². The average molecular weight is 262 g/mol. The number of hydrogen-bond donors (Lipinski definition) is 2. The molecule has 1 saturated carbocycles. The van der Waals surface area contributed by atoms with E-state index in [4.69, 9.17) is 5.11 Å². The number of amides is 1. The van der Waals surface area contributed by atoms with Gasteiger partial charge in [-0.25, -0.2) is 9.78 Å². The summed E-state index contributed by atoms with van der Waals surface area (Å²) >= 11 is 0. The highest BCUT2D eigenvalue weighted by Crippen LogP contribution is 2.36. The van der Waals surface area contributed by atoms with Crippen LogP contribution in [0.1, 0.15) is 54.0 Å². The number of carbonyl (C=O) groups is 2. The van der Waals surface area contributed by atoms with Gasteiger partial charge in [0.1, 0.15) is 5.69 Å². The number of pyridine rings is 1. The van der Waals surface area contributed by atoms with E-state index in [0.717, 1.165) is 19.3 Å². The number of carboxylic acids is 1. The number of nitrogens with zero attached hydrogens (tertiary/aromatic N) is 1. The van der Waals surface area contributed by atoms with Crippen molar-refractivity contribution in [1.29, 1.82) is 0 Å². The Bertz CT molecular complexity index is 511. The Kier molecular flexibility index (Phi) is 3.55. The predicted octanol–water partition coefficient (Wildman–Crippen LogP) is 2.09. The Morgan fingerprint density at radius 1 is 1.47 bits per heavy atom. The Labute approximate surface area is 112 Å². The Balaban J connectivity index is 2.04. The molecular weight excluding hydrogens is 244 g/mol. The molecule has 2 N–H and O–H groups in total. The van der Waals surface area contributed by atoms with E-state index >= 15 is 0 Å². The van der Waals surface area contributed by atoms with Crippen LogP contribution in [0.15, 0.2) is 18.3 Å². The highest BCUT2D eigenvalue weighted by Gasteiger charge is 2.31. The molecule has 1 aromatic heterocycles. The smallest absolute Gasteiger partial charge is 0.354 e. The SMILES string of the molecule is CC1(C)CCC(NC(=O)c2ccnc(C(=O)O)c2)C1. The second-order valence-corrected chi connectivity index (χ2v) is 5.81. The summed E-state index contributed by atoms with van der Waals surface area (Å²) in [6.45, 7) is 4.38. The monoisotopic (exact) mass is 262 g/mol. The zero-order valence-corrected chi connectivity index (χ0v) is 11.1. The molecule has 2 rings (SSSR count). The van der Waals surface area contributed by atoms with Crippen LogP contribution in [-0.2, 0) is 0 Å². The van der Waals surface area contributed by atoms with Crippen LogP contribution < -0.4 is 5.32 Å². The van der Waals surface area contributed by atoms with Crippen LogP contribution in [0.4, 0.5) is 0 Å². The molecule has 0 spiro atoms. The van der Waals surface area contributed by atoms with E-state index < -0.39 is 5.97 Å². The largest absolute Gasteiger partial charge is 0.477 e. The molecule has 5 nitrogen and oxygen atoms in total. The number of aromatic nitrogens is 1. The van der Waals surface area contributed by atoms with Crippen molar-refractivity contribution in [3.8, 4) is 0 Å². The summed E-state index contributed by atoms with van der Waals surface area (Å²) in [6.07, 6.45) is 4.36. The summed E-state index contributed by atoms with van der Waals surface area (Å²) in [4.78, 5) is 26.6. The van der Waals surface area contributed by atoms with Gasteiger partial charge in [-0.05, 0) is 36.8 Å². The standard InChI is InChI=1S/C14H18N2O3/c1-14(2)5-3-10(8-14)16-12(17)9-4-6-15-11(7-9)13(18)19/h4,6-7,10H,3,5,8H2,1-2H3,(H,16,17)(H,18,19). The lowest BCUT2D eigenvalue weighted by Crippen LogP contribution is -2.33. The normalized spacial score (nSPS) is 21.1. The quantitative estimate of drug-likeness (QED) is 0.874. The fraction of sp³-hybridized carbons (Fsp3) is 0.500. The van der Waals surface area contributed by atoms with Crippen LogP contribution in [0.25, 0.3) is 0 Å². The maximum absolute atomic E-state index is 12.1. The third-order valence-electron chi connectivity index (χ3n) is 3.55. The van der Waals surface area contributed by atoms with E-state index in [-0.39, 0.29) is 23.1 Å². The fourth-order valence-electron chi connectivity index (χ4n) is 2.52. The van der Waals surface area contributed by atoms with Crippen LogP contribution in [0, 0.1) is 5.41 Å². The van der Waals surface area contributed by atoms with Gasteiger partial charge in [-0.3, -0.25) is 4.79 Å². The van der Waals surface area contributed by atoms with Gasteiger partial charge in [0.05, 0.1) is 0 Å². The van der Waals surface area contributed by atoms with Crippen molar-refractivity contribution in [1.82, 2.24) is 10.3 Å². The molecule has 1 fully saturated rings. The Hall–Kier alpha value is -1.91. The van der Waals surface area contributed by atoms with E-state index in [1.165, 1.54) is 18.3 Å². The molecule has 0 saturated heterocycles. The molecule has 1 aliphatic carbocycles. The second-order valence-electron chi connectivity index (χ2n) is 5.81. The molecule has 0 aliphatic heterocycles. The van der Waals surface area contributed by atoms with Gasteiger partial charge in [-0.15, -0.1) is 0 Å². The molecule has 0 radical (unpaired) electrons. The highest BCUT2D eigenvalue weighted by molar-refractivity contribution is 5.96. The topological polar surface area (TPSA) is 79.3 Å². The molecule has 102 valence electrons. The first kappa shape index (κ1) is 13.5. The van der Waals surface area contributed by atoms with Crippen LogP contribution in [0.2, 0.25) is 0 Å². The fourth-order valence-corrected chi connectivity index (χ4v) is 2.52. The number of nitrogens with one attached hydrogen (secondary N) is 1. The van der Waals surface area contributed by atoms with Gasteiger partial charge >= 0.3 is 5.97 Å². The third-order valence-corrected chi connectivity index (χ3v) is 3.55. The molecule has 1 atom stereocenters. The molecule has 5 heteroatoms. The minimum absolute atomic E-state index is 0.112. The molecule has 1 aliphatic rings. The van der Waals surface area contributed by atoms with Crippen molar-refractivity contribution in [2.75, 3.05) is 0 Å². The number of rotatable bonds is 3. The molecule has 1 aromatic rings. The molecule has 1 unspecified atom stereocenters.